The average molecular weight is 279 g/mol. The summed E-state index contributed by atoms with van der Waals surface area (Å²) in [6.07, 6.45) is 1.73. The van der Waals surface area contributed by atoms with E-state index in [1.807, 2.05) is 0 Å². The third kappa shape index (κ3) is 3.56. The molecule has 20 heavy (non-hydrogen) atoms. The Kier molecular flexibility index (Phi) is 4.71. The number of fused-ring (bicyclic) bond motifs is 1. The van der Waals surface area contributed by atoms with Crippen molar-refractivity contribution >= 4 is 11.9 Å². The molecule has 0 saturated carbocycles. The van der Waals surface area contributed by atoms with Crippen LogP contribution in [0.25, 0.3) is 0 Å². The molecule has 0 bridgehead atoms. The largest absolute Gasteiger partial charge is 0.466 e. The predicted molar refractivity (Wildman–Crippen MR) is 71.5 cm³/mol. The highest BCUT2D eigenvalue weighted by molar-refractivity contribution is 5.81. The van der Waals surface area contributed by atoms with E-state index in [1.54, 1.807) is 13.0 Å². The average Bonchev–Trinajstić information content (AvgIpc) is 2.79. The molecule has 0 unspecified atom stereocenters. The summed E-state index contributed by atoms with van der Waals surface area (Å²) in [5, 5.41) is 2.88. The number of halogens is 1. The van der Waals surface area contributed by atoms with E-state index >= 15 is 0 Å². The Morgan fingerprint density at radius 2 is 2.20 bits per heavy atom. The monoisotopic (exact) mass is 279 g/mol. The maximum atomic E-state index is 13.1. The third-order valence-electron chi connectivity index (χ3n) is 3.38. The van der Waals surface area contributed by atoms with E-state index in [4.69, 9.17) is 4.74 Å². The summed E-state index contributed by atoms with van der Waals surface area (Å²) in [5.74, 6) is -0.796. The number of hydrogen-bond donors (Lipinski definition) is 1. The summed E-state index contributed by atoms with van der Waals surface area (Å²) < 4.78 is 17.9. The zero-order valence-corrected chi connectivity index (χ0v) is 11.4. The molecule has 0 heterocycles. The van der Waals surface area contributed by atoms with Crippen molar-refractivity contribution in [3.05, 3.63) is 35.1 Å². The van der Waals surface area contributed by atoms with Crippen LogP contribution in [-0.4, -0.2) is 18.5 Å². The van der Waals surface area contributed by atoms with Gasteiger partial charge in [0.1, 0.15) is 5.82 Å². The third-order valence-corrected chi connectivity index (χ3v) is 3.38. The van der Waals surface area contributed by atoms with Crippen molar-refractivity contribution in [3.8, 4) is 0 Å². The van der Waals surface area contributed by atoms with Crippen molar-refractivity contribution in [1.29, 1.82) is 0 Å². The molecule has 1 aliphatic carbocycles. The molecule has 0 radical (unpaired) electrons. The number of rotatable bonds is 5. The first-order valence-electron chi connectivity index (χ1n) is 6.83. The first-order valence-corrected chi connectivity index (χ1v) is 6.83. The van der Waals surface area contributed by atoms with Gasteiger partial charge in [-0.1, -0.05) is 6.07 Å². The van der Waals surface area contributed by atoms with Crippen LogP contribution in [0.4, 0.5) is 4.39 Å². The molecule has 0 spiro atoms. The molecular formula is C15H18FNO3. The Balaban J connectivity index is 1.86. The van der Waals surface area contributed by atoms with Crippen molar-refractivity contribution in [3.63, 3.8) is 0 Å². The van der Waals surface area contributed by atoms with E-state index in [0.29, 0.717) is 6.61 Å². The quantitative estimate of drug-likeness (QED) is 0.841. The first-order chi connectivity index (χ1) is 9.60. The zero-order valence-electron chi connectivity index (χ0n) is 11.4. The number of aryl methyl sites for hydroxylation is 1. The van der Waals surface area contributed by atoms with Gasteiger partial charge in [0.05, 0.1) is 19.1 Å². The Morgan fingerprint density at radius 3 is 2.95 bits per heavy atom. The second kappa shape index (κ2) is 6.50. The molecule has 1 atom stereocenters. The molecule has 0 fully saturated rings. The minimum absolute atomic E-state index is 0.0831. The van der Waals surface area contributed by atoms with Gasteiger partial charge in [-0.05, 0) is 43.0 Å². The van der Waals surface area contributed by atoms with Crippen molar-refractivity contribution in [2.24, 2.45) is 0 Å². The number of ether oxygens (including phenoxy) is 1. The summed E-state index contributed by atoms with van der Waals surface area (Å²) in [4.78, 5) is 23.0. The normalized spacial score (nSPS) is 16.6. The van der Waals surface area contributed by atoms with E-state index in [2.05, 4.69) is 5.32 Å². The van der Waals surface area contributed by atoms with Crippen molar-refractivity contribution < 1.29 is 18.7 Å². The molecule has 1 aromatic rings. The molecular weight excluding hydrogens is 261 g/mol. The molecule has 0 saturated heterocycles. The van der Waals surface area contributed by atoms with E-state index in [1.165, 1.54) is 12.1 Å². The number of benzene rings is 1. The summed E-state index contributed by atoms with van der Waals surface area (Å²) in [7, 11) is 0. The fourth-order valence-electron chi connectivity index (χ4n) is 2.45. The lowest BCUT2D eigenvalue weighted by molar-refractivity contribution is -0.144. The van der Waals surface area contributed by atoms with E-state index in [0.717, 1.165) is 24.0 Å². The molecule has 1 aromatic carbocycles. The fraction of sp³-hybridized carbons (Fsp3) is 0.467. The van der Waals surface area contributed by atoms with Crippen LogP contribution in [0.3, 0.4) is 0 Å². The van der Waals surface area contributed by atoms with Gasteiger partial charge < -0.3 is 10.1 Å². The van der Waals surface area contributed by atoms with Gasteiger partial charge in [-0.2, -0.15) is 0 Å². The number of hydrogen-bond acceptors (Lipinski definition) is 3. The Bertz CT molecular complexity index is 516. The van der Waals surface area contributed by atoms with Crippen molar-refractivity contribution in [2.45, 2.75) is 38.6 Å². The van der Waals surface area contributed by atoms with Crippen LogP contribution in [0.1, 0.15) is 43.4 Å². The first kappa shape index (κ1) is 14.5. The van der Waals surface area contributed by atoms with Crippen LogP contribution >= 0.6 is 0 Å². The van der Waals surface area contributed by atoms with Gasteiger partial charge >= 0.3 is 5.97 Å². The van der Waals surface area contributed by atoms with Crippen LogP contribution in [0, 0.1) is 5.82 Å². The maximum absolute atomic E-state index is 13.1. The predicted octanol–water partition coefficient (Wildman–Crippen LogP) is 2.27. The molecule has 2 rings (SSSR count). The molecule has 1 aliphatic rings. The van der Waals surface area contributed by atoms with Gasteiger partial charge in [-0.25, -0.2) is 4.39 Å². The molecule has 108 valence electrons. The molecule has 1 amide bonds. The van der Waals surface area contributed by atoms with Gasteiger partial charge in [0.15, 0.2) is 0 Å². The maximum Gasteiger partial charge on any atom is 0.306 e. The van der Waals surface area contributed by atoms with Crippen LogP contribution in [0.5, 0.6) is 0 Å². The van der Waals surface area contributed by atoms with Crippen LogP contribution in [0.15, 0.2) is 18.2 Å². The second-order valence-corrected chi connectivity index (χ2v) is 4.81. The molecule has 5 heteroatoms. The SMILES string of the molecule is CCOC(=O)CCC(=O)N[C@@H]1CCc2cc(F)ccc21. The highest BCUT2D eigenvalue weighted by atomic mass is 19.1. The highest BCUT2D eigenvalue weighted by Crippen LogP contribution is 2.31. The van der Waals surface area contributed by atoms with Crippen molar-refractivity contribution in [1.82, 2.24) is 5.32 Å². The minimum Gasteiger partial charge on any atom is -0.466 e. The number of esters is 1. The fourth-order valence-corrected chi connectivity index (χ4v) is 2.45. The van der Waals surface area contributed by atoms with Gasteiger partial charge in [-0.3, -0.25) is 9.59 Å². The van der Waals surface area contributed by atoms with E-state index in [-0.39, 0.29) is 36.6 Å². The molecule has 1 N–H and O–H groups in total. The summed E-state index contributed by atoms with van der Waals surface area (Å²) in [6.45, 7) is 2.05. The van der Waals surface area contributed by atoms with Gasteiger partial charge in [0.2, 0.25) is 5.91 Å². The topological polar surface area (TPSA) is 55.4 Å². The lowest BCUT2D eigenvalue weighted by atomic mass is 10.1. The summed E-state index contributed by atoms with van der Waals surface area (Å²) in [6, 6.07) is 4.55. The van der Waals surface area contributed by atoms with Gasteiger partial charge in [0.25, 0.3) is 0 Å². The number of amides is 1. The lowest BCUT2D eigenvalue weighted by Gasteiger charge is -2.14. The number of nitrogens with one attached hydrogen (secondary N) is 1. The van der Waals surface area contributed by atoms with Gasteiger partial charge in [0, 0.05) is 6.42 Å². The molecule has 0 aliphatic heterocycles. The Morgan fingerprint density at radius 1 is 1.40 bits per heavy atom. The summed E-state index contributed by atoms with van der Waals surface area (Å²) >= 11 is 0. The van der Waals surface area contributed by atoms with Crippen LogP contribution in [0.2, 0.25) is 0 Å². The number of carbonyl (C=O) groups excluding carboxylic acids is 2. The molecule has 0 aromatic heterocycles. The smallest absolute Gasteiger partial charge is 0.306 e. The van der Waals surface area contributed by atoms with E-state index in [9.17, 15) is 14.0 Å². The van der Waals surface area contributed by atoms with Gasteiger partial charge in [-0.15, -0.1) is 0 Å². The second-order valence-electron chi connectivity index (χ2n) is 4.81. The zero-order chi connectivity index (χ0) is 14.5. The number of carbonyl (C=O) groups is 2. The van der Waals surface area contributed by atoms with Crippen molar-refractivity contribution in [2.75, 3.05) is 6.61 Å². The minimum atomic E-state index is -0.364. The standard InChI is InChI=1S/C15H18FNO3/c1-2-20-15(19)8-7-14(18)17-13-6-3-10-9-11(16)4-5-12(10)13/h4-5,9,13H,2-3,6-8H2,1H3,(H,17,18)/t13-/m1/s1. The highest BCUT2D eigenvalue weighted by Gasteiger charge is 2.24. The Labute approximate surface area is 117 Å². The van der Waals surface area contributed by atoms with Crippen LogP contribution < -0.4 is 5.32 Å². The van der Waals surface area contributed by atoms with Crippen LogP contribution in [-0.2, 0) is 20.7 Å². The van der Waals surface area contributed by atoms with E-state index < -0.39 is 0 Å². The molecule has 4 nitrogen and oxygen atoms in total. The Hall–Kier alpha value is -1.91. The lowest BCUT2D eigenvalue weighted by Crippen LogP contribution is -2.27. The summed E-state index contributed by atoms with van der Waals surface area (Å²) in [5.41, 5.74) is 1.91.